The summed E-state index contributed by atoms with van der Waals surface area (Å²) >= 11 is 0. The van der Waals surface area contributed by atoms with Gasteiger partial charge in [-0.3, -0.25) is 0 Å². The van der Waals surface area contributed by atoms with Crippen molar-refractivity contribution in [3.63, 3.8) is 0 Å². The Kier molecular flexibility index (Phi) is 5.21. The highest BCUT2D eigenvalue weighted by molar-refractivity contribution is 5.82. The van der Waals surface area contributed by atoms with Crippen LogP contribution in [0.15, 0.2) is 28.7 Å². The molecule has 0 bridgehead atoms. The number of furan rings is 1. The van der Waals surface area contributed by atoms with E-state index in [1.54, 1.807) is 7.11 Å². The number of ether oxygens (including phenoxy) is 1. The third-order valence-electron chi connectivity index (χ3n) is 3.70. The van der Waals surface area contributed by atoms with Gasteiger partial charge in [-0.1, -0.05) is 32.0 Å². The highest BCUT2D eigenvalue weighted by atomic mass is 16.5. The Hall–Kier alpha value is -1.32. The number of benzene rings is 1. The quantitative estimate of drug-likeness (QED) is 0.831. The Morgan fingerprint density at radius 3 is 2.70 bits per heavy atom. The zero-order valence-electron chi connectivity index (χ0n) is 12.9. The summed E-state index contributed by atoms with van der Waals surface area (Å²) in [5.41, 5.74) is 2.30. The number of rotatable bonds is 7. The van der Waals surface area contributed by atoms with E-state index >= 15 is 0 Å². The minimum absolute atomic E-state index is 0.219. The summed E-state index contributed by atoms with van der Waals surface area (Å²) in [5, 5.41) is 4.78. The summed E-state index contributed by atoms with van der Waals surface area (Å²) in [4.78, 5) is 0. The highest BCUT2D eigenvalue weighted by Gasteiger charge is 2.18. The molecule has 1 N–H and O–H groups in total. The van der Waals surface area contributed by atoms with Crippen molar-refractivity contribution in [3.8, 4) is 0 Å². The predicted octanol–water partition coefficient (Wildman–Crippen LogP) is 3.93. The van der Waals surface area contributed by atoms with Gasteiger partial charge in [0.2, 0.25) is 0 Å². The predicted molar refractivity (Wildman–Crippen MR) is 83.0 cm³/mol. The maximum Gasteiger partial charge on any atom is 0.134 e. The van der Waals surface area contributed by atoms with Crippen molar-refractivity contribution in [2.75, 3.05) is 20.3 Å². The van der Waals surface area contributed by atoms with Gasteiger partial charge >= 0.3 is 0 Å². The Balaban J connectivity index is 2.15. The van der Waals surface area contributed by atoms with Crippen LogP contribution in [0, 0.1) is 5.92 Å². The molecule has 110 valence electrons. The third-order valence-corrected chi connectivity index (χ3v) is 3.70. The lowest BCUT2D eigenvalue weighted by molar-refractivity contribution is 0.156. The second-order valence-corrected chi connectivity index (χ2v) is 5.49. The minimum atomic E-state index is 0.219. The van der Waals surface area contributed by atoms with E-state index < -0.39 is 0 Å². The number of para-hydroxylation sites is 1. The molecule has 20 heavy (non-hydrogen) atoms. The van der Waals surface area contributed by atoms with Gasteiger partial charge in [0.15, 0.2) is 0 Å². The van der Waals surface area contributed by atoms with Crippen molar-refractivity contribution in [3.05, 3.63) is 35.6 Å². The van der Waals surface area contributed by atoms with Gasteiger partial charge in [-0.2, -0.15) is 0 Å². The zero-order chi connectivity index (χ0) is 14.5. The number of nitrogens with one attached hydrogen (secondary N) is 1. The Morgan fingerprint density at radius 1 is 1.25 bits per heavy atom. The van der Waals surface area contributed by atoms with Crippen LogP contribution in [-0.4, -0.2) is 20.3 Å². The Bertz CT molecular complexity index is 547. The van der Waals surface area contributed by atoms with Crippen LogP contribution in [-0.2, 0) is 11.2 Å². The van der Waals surface area contributed by atoms with Crippen molar-refractivity contribution in [1.29, 1.82) is 0 Å². The van der Waals surface area contributed by atoms with Crippen LogP contribution in [0.1, 0.15) is 38.1 Å². The summed E-state index contributed by atoms with van der Waals surface area (Å²) < 4.78 is 11.2. The fourth-order valence-corrected chi connectivity index (χ4v) is 2.65. The first kappa shape index (κ1) is 15.1. The van der Waals surface area contributed by atoms with Crippen LogP contribution in [0.5, 0.6) is 0 Å². The number of hydrogen-bond acceptors (Lipinski definition) is 3. The summed E-state index contributed by atoms with van der Waals surface area (Å²) in [6.07, 6.45) is 0.992. The van der Waals surface area contributed by atoms with E-state index in [1.807, 2.05) is 12.1 Å². The van der Waals surface area contributed by atoms with Crippen LogP contribution >= 0.6 is 0 Å². The molecule has 0 aliphatic rings. The van der Waals surface area contributed by atoms with Gasteiger partial charge in [0.25, 0.3) is 0 Å². The summed E-state index contributed by atoms with van der Waals surface area (Å²) in [5.74, 6) is 1.57. The molecule has 3 heteroatoms. The normalized spacial score (nSPS) is 14.6. The van der Waals surface area contributed by atoms with Crippen LogP contribution in [0.25, 0.3) is 11.0 Å². The zero-order valence-corrected chi connectivity index (χ0v) is 12.9. The number of aryl methyl sites for hydroxylation is 1. The molecule has 0 aliphatic carbocycles. The largest absolute Gasteiger partial charge is 0.459 e. The first-order valence-electron chi connectivity index (χ1n) is 7.40. The van der Waals surface area contributed by atoms with Gasteiger partial charge in [0.1, 0.15) is 11.3 Å². The van der Waals surface area contributed by atoms with Gasteiger partial charge in [-0.25, -0.2) is 0 Å². The average molecular weight is 275 g/mol. The van der Waals surface area contributed by atoms with E-state index in [0.29, 0.717) is 5.92 Å². The van der Waals surface area contributed by atoms with E-state index in [4.69, 9.17) is 9.15 Å². The van der Waals surface area contributed by atoms with Crippen molar-refractivity contribution in [2.45, 2.75) is 33.2 Å². The molecule has 1 aromatic heterocycles. The fraction of sp³-hybridized carbons (Fsp3) is 0.529. The van der Waals surface area contributed by atoms with Crippen molar-refractivity contribution in [2.24, 2.45) is 5.92 Å². The maximum atomic E-state index is 6.05. The Labute approximate surface area is 121 Å². The molecule has 2 atom stereocenters. The summed E-state index contributed by atoms with van der Waals surface area (Å²) in [7, 11) is 1.74. The topological polar surface area (TPSA) is 34.4 Å². The summed E-state index contributed by atoms with van der Waals surface area (Å²) in [6.45, 7) is 8.23. The van der Waals surface area contributed by atoms with Crippen molar-refractivity contribution < 1.29 is 9.15 Å². The standard InChI is InChI=1S/C17H25NO2/c1-5-14-15-8-6-7-9-16(15)20-17(14)13(3)18-10-12(2)11-19-4/h6-9,12-13,18H,5,10-11H2,1-4H3. The molecule has 0 spiro atoms. The minimum Gasteiger partial charge on any atom is -0.459 e. The highest BCUT2D eigenvalue weighted by Crippen LogP contribution is 2.30. The molecule has 0 saturated carbocycles. The van der Waals surface area contributed by atoms with Crippen LogP contribution in [0.3, 0.4) is 0 Å². The SMILES string of the molecule is CCc1c(C(C)NCC(C)COC)oc2ccccc12. The van der Waals surface area contributed by atoms with Gasteiger partial charge in [-0.05, 0) is 25.3 Å². The lowest BCUT2D eigenvalue weighted by atomic mass is 10.0. The number of methoxy groups -OCH3 is 1. The third kappa shape index (κ3) is 3.22. The van der Waals surface area contributed by atoms with Crippen molar-refractivity contribution in [1.82, 2.24) is 5.32 Å². The fourth-order valence-electron chi connectivity index (χ4n) is 2.65. The van der Waals surface area contributed by atoms with E-state index in [0.717, 1.165) is 30.9 Å². The molecular formula is C17H25NO2. The maximum absolute atomic E-state index is 6.05. The second kappa shape index (κ2) is 6.91. The summed E-state index contributed by atoms with van der Waals surface area (Å²) in [6, 6.07) is 8.49. The Morgan fingerprint density at radius 2 is 2.00 bits per heavy atom. The van der Waals surface area contributed by atoms with E-state index in [1.165, 1.54) is 10.9 Å². The molecule has 0 aliphatic heterocycles. The molecular weight excluding hydrogens is 250 g/mol. The van der Waals surface area contributed by atoms with Gasteiger partial charge in [0, 0.05) is 31.2 Å². The molecule has 2 rings (SSSR count). The molecule has 2 aromatic rings. The van der Waals surface area contributed by atoms with Crippen molar-refractivity contribution >= 4 is 11.0 Å². The molecule has 0 saturated heterocycles. The molecule has 1 aromatic carbocycles. The number of hydrogen-bond donors (Lipinski definition) is 1. The molecule has 3 nitrogen and oxygen atoms in total. The van der Waals surface area contributed by atoms with Crippen LogP contribution in [0.2, 0.25) is 0 Å². The van der Waals surface area contributed by atoms with Crippen LogP contribution < -0.4 is 5.32 Å². The molecule has 0 radical (unpaired) electrons. The molecule has 0 amide bonds. The lowest BCUT2D eigenvalue weighted by Gasteiger charge is -2.16. The average Bonchev–Trinajstić information content (AvgIpc) is 2.83. The van der Waals surface area contributed by atoms with Crippen LogP contribution in [0.4, 0.5) is 0 Å². The first-order chi connectivity index (χ1) is 9.67. The van der Waals surface area contributed by atoms with E-state index in [-0.39, 0.29) is 6.04 Å². The van der Waals surface area contributed by atoms with Gasteiger partial charge < -0.3 is 14.5 Å². The van der Waals surface area contributed by atoms with Gasteiger partial charge in [-0.15, -0.1) is 0 Å². The number of fused-ring (bicyclic) bond motifs is 1. The first-order valence-corrected chi connectivity index (χ1v) is 7.40. The van der Waals surface area contributed by atoms with Gasteiger partial charge in [0.05, 0.1) is 6.04 Å². The lowest BCUT2D eigenvalue weighted by Crippen LogP contribution is -2.26. The smallest absolute Gasteiger partial charge is 0.134 e. The van der Waals surface area contributed by atoms with E-state index in [2.05, 4.69) is 38.2 Å². The molecule has 0 fully saturated rings. The molecule has 1 heterocycles. The monoisotopic (exact) mass is 275 g/mol. The molecule has 2 unspecified atom stereocenters. The second-order valence-electron chi connectivity index (χ2n) is 5.49. The van der Waals surface area contributed by atoms with E-state index in [9.17, 15) is 0 Å².